The van der Waals surface area contributed by atoms with Crippen LogP contribution in [0, 0.1) is 13.8 Å². The first-order valence-corrected chi connectivity index (χ1v) is 15.8. The van der Waals surface area contributed by atoms with Crippen LogP contribution in [0.3, 0.4) is 0 Å². The number of nitrogens with zero attached hydrogens (tertiary/aromatic N) is 3. The molecule has 42 heavy (non-hydrogen) atoms. The van der Waals surface area contributed by atoms with Crippen LogP contribution in [0.4, 0.5) is 11.4 Å². The summed E-state index contributed by atoms with van der Waals surface area (Å²) >= 11 is 0. The number of carbonyl (C=O) groups is 2. The molecule has 0 bridgehead atoms. The Morgan fingerprint density at radius 1 is 0.810 bits per heavy atom. The number of aliphatic carboxylic acids is 1. The van der Waals surface area contributed by atoms with Gasteiger partial charge in [0.1, 0.15) is 12.1 Å². The van der Waals surface area contributed by atoms with E-state index in [1.807, 2.05) is 31.2 Å². The van der Waals surface area contributed by atoms with Crippen LogP contribution < -0.4 is 15.1 Å². The van der Waals surface area contributed by atoms with Crippen molar-refractivity contribution in [3.05, 3.63) is 89.5 Å². The highest BCUT2D eigenvalue weighted by Crippen LogP contribution is 2.27. The Labute approximate surface area is 247 Å². The number of hydrogen-bond donors (Lipinski definition) is 2. The van der Waals surface area contributed by atoms with E-state index in [1.54, 1.807) is 12.1 Å². The molecule has 10 heteroatoms. The summed E-state index contributed by atoms with van der Waals surface area (Å²) in [5.74, 6) is -1.75. The number of anilines is 2. The zero-order valence-electron chi connectivity index (χ0n) is 24.1. The molecule has 222 valence electrons. The number of nitrogens with one attached hydrogen (secondary N) is 1. The average molecular weight is 591 g/mol. The largest absolute Gasteiger partial charge is 0.480 e. The summed E-state index contributed by atoms with van der Waals surface area (Å²) in [5.41, 5.74) is 5.25. The Balaban J connectivity index is 1.19. The molecule has 0 saturated carbocycles. The standard InChI is InChI=1S/C32H38N4O5S/c1-23-5-11-26(12-6-23)34-18-20-35(21-19-34)27-13-9-25(10-14-27)22-29(32(38)39)33-31(37)30-4-3-17-36(30)42(40,41)28-15-7-24(2)8-16-28/h5-16,29-30H,3-4,17-22H2,1-2H3,(H,33,37)(H,38,39)/t29-,30-/m0/s1. The fourth-order valence-corrected chi connectivity index (χ4v) is 7.32. The number of aryl methyl sites for hydroxylation is 2. The molecule has 2 saturated heterocycles. The number of carboxylic acid groups (broad SMARTS) is 1. The molecule has 0 unspecified atom stereocenters. The van der Waals surface area contributed by atoms with Gasteiger partial charge in [-0.25, -0.2) is 13.2 Å². The van der Waals surface area contributed by atoms with Crippen molar-refractivity contribution in [1.82, 2.24) is 9.62 Å². The van der Waals surface area contributed by atoms with Gasteiger partial charge < -0.3 is 20.2 Å². The normalized spacial score (nSPS) is 18.6. The maximum atomic E-state index is 13.3. The molecule has 3 aromatic rings. The molecule has 2 atom stereocenters. The first kappa shape index (κ1) is 29.6. The Morgan fingerprint density at radius 3 is 1.83 bits per heavy atom. The Bertz CT molecular complexity index is 1500. The maximum Gasteiger partial charge on any atom is 0.326 e. The molecule has 1 amide bonds. The van der Waals surface area contributed by atoms with Gasteiger partial charge in [-0.3, -0.25) is 4.79 Å². The molecule has 2 fully saturated rings. The van der Waals surface area contributed by atoms with Crippen molar-refractivity contribution in [2.75, 3.05) is 42.5 Å². The Morgan fingerprint density at radius 2 is 1.31 bits per heavy atom. The van der Waals surface area contributed by atoms with Gasteiger partial charge in [-0.2, -0.15) is 4.31 Å². The summed E-state index contributed by atoms with van der Waals surface area (Å²) < 4.78 is 27.7. The summed E-state index contributed by atoms with van der Waals surface area (Å²) in [6.45, 7) is 7.75. The topological polar surface area (TPSA) is 110 Å². The monoisotopic (exact) mass is 590 g/mol. The highest BCUT2D eigenvalue weighted by atomic mass is 32.2. The van der Waals surface area contributed by atoms with Crippen LogP contribution in [-0.4, -0.2) is 74.5 Å². The molecule has 0 aliphatic carbocycles. The minimum atomic E-state index is -3.88. The Hall–Kier alpha value is -3.89. The number of piperazine rings is 1. The molecule has 0 radical (unpaired) electrons. The molecule has 0 spiro atoms. The van der Waals surface area contributed by atoms with E-state index in [2.05, 4.69) is 46.3 Å². The molecular weight excluding hydrogens is 552 g/mol. The first-order chi connectivity index (χ1) is 20.1. The van der Waals surface area contributed by atoms with Crippen LogP contribution in [0.5, 0.6) is 0 Å². The lowest BCUT2D eigenvalue weighted by Gasteiger charge is -2.37. The van der Waals surface area contributed by atoms with Gasteiger partial charge in [0, 0.05) is 50.5 Å². The summed E-state index contributed by atoms with van der Waals surface area (Å²) in [5, 5.41) is 12.5. The van der Waals surface area contributed by atoms with Crippen molar-refractivity contribution in [1.29, 1.82) is 0 Å². The van der Waals surface area contributed by atoms with Crippen LogP contribution in [0.15, 0.2) is 77.7 Å². The van der Waals surface area contributed by atoms with Crippen LogP contribution in [0.2, 0.25) is 0 Å². The third-order valence-electron chi connectivity index (χ3n) is 8.17. The van der Waals surface area contributed by atoms with E-state index in [0.29, 0.717) is 12.8 Å². The van der Waals surface area contributed by atoms with E-state index >= 15 is 0 Å². The van der Waals surface area contributed by atoms with Crippen molar-refractivity contribution >= 4 is 33.3 Å². The summed E-state index contributed by atoms with van der Waals surface area (Å²) in [6.07, 6.45) is 0.969. The summed E-state index contributed by atoms with van der Waals surface area (Å²) in [6, 6.07) is 20.7. The van der Waals surface area contributed by atoms with E-state index in [9.17, 15) is 23.1 Å². The van der Waals surface area contributed by atoms with Crippen molar-refractivity contribution in [3.8, 4) is 0 Å². The van der Waals surface area contributed by atoms with Gasteiger partial charge >= 0.3 is 5.97 Å². The van der Waals surface area contributed by atoms with Crippen LogP contribution in [-0.2, 0) is 26.0 Å². The quantitative estimate of drug-likeness (QED) is 0.392. The average Bonchev–Trinajstić information content (AvgIpc) is 3.49. The minimum absolute atomic E-state index is 0.0972. The predicted molar refractivity (Wildman–Crippen MR) is 163 cm³/mol. The fourth-order valence-electron chi connectivity index (χ4n) is 5.66. The van der Waals surface area contributed by atoms with Gasteiger partial charge in [0.05, 0.1) is 4.90 Å². The van der Waals surface area contributed by atoms with Crippen molar-refractivity contribution in [2.45, 2.75) is 50.1 Å². The highest BCUT2D eigenvalue weighted by molar-refractivity contribution is 7.89. The number of amides is 1. The van der Waals surface area contributed by atoms with Crippen LogP contribution in [0.25, 0.3) is 0 Å². The van der Waals surface area contributed by atoms with E-state index in [1.165, 1.54) is 27.7 Å². The molecule has 2 N–H and O–H groups in total. The zero-order valence-corrected chi connectivity index (χ0v) is 24.9. The van der Waals surface area contributed by atoms with Gasteiger partial charge in [-0.15, -0.1) is 0 Å². The molecular formula is C32H38N4O5S. The molecule has 3 aromatic carbocycles. The van der Waals surface area contributed by atoms with Gasteiger partial charge in [0.15, 0.2) is 0 Å². The maximum absolute atomic E-state index is 13.3. The lowest BCUT2D eigenvalue weighted by molar-refractivity contribution is -0.142. The number of benzene rings is 3. The van der Waals surface area contributed by atoms with Gasteiger partial charge in [-0.1, -0.05) is 47.5 Å². The minimum Gasteiger partial charge on any atom is -0.480 e. The molecule has 2 heterocycles. The second kappa shape index (κ2) is 12.5. The number of sulfonamides is 1. The lowest BCUT2D eigenvalue weighted by Crippen LogP contribution is -2.51. The smallest absolute Gasteiger partial charge is 0.326 e. The Kier molecular flexibility index (Phi) is 8.84. The summed E-state index contributed by atoms with van der Waals surface area (Å²) in [4.78, 5) is 30.1. The SMILES string of the molecule is Cc1ccc(N2CCN(c3ccc(C[C@H](NC(=O)[C@@H]4CCCN4S(=O)(=O)c4ccc(C)cc4)C(=O)O)cc3)CC2)cc1. The van der Waals surface area contributed by atoms with Crippen molar-refractivity contribution in [3.63, 3.8) is 0 Å². The van der Waals surface area contributed by atoms with Crippen molar-refractivity contribution in [2.24, 2.45) is 0 Å². The molecule has 2 aliphatic heterocycles. The number of hydrogen-bond acceptors (Lipinski definition) is 6. The van der Waals surface area contributed by atoms with Gasteiger partial charge in [0.25, 0.3) is 0 Å². The number of rotatable bonds is 9. The predicted octanol–water partition coefficient (Wildman–Crippen LogP) is 3.60. The first-order valence-electron chi connectivity index (χ1n) is 14.4. The van der Waals surface area contributed by atoms with E-state index < -0.39 is 34.0 Å². The number of carboxylic acids is 1. The molecule has 0 aromatic heterocycles. The van der Waals surface area contributed by atoms with E-state index in [4.69, 9.17) is 0 Å². The fraction of sp³-hybridized carbons (Fsp3) is 0.375. The van der Waals surface area contributed by atoms with Gasteiger partial charge in [-0.05, 0) is 68.7 Å². The lowest BCUT2D eigenvalue weighted by atomic mass is 10.0. The van der Waals surface area contributed by atoms with E-state index in [0.717, 1.165) is 43.0 Å². The summed E-state index contributed by atoms with van der Waals surface area (Å²) in [7, 11) is -3.88. The van der Waals surface area contributed by atoms with Crippen LogP contribution in [0.1, 0.15) is 29.5 Å². The second-order valence-electron chi connectivity index (χ2n) is 11.2. The third kappa shape index (κ3) is 6.60. The molecule has 5 rings (SSSR count). The second-order valence-corrected chi connectivity index (χ2v) is 13.1. The van der Waals surface area contributed by atoms with Crippen molar-refractivity contribution < 1.29 is 23.1 Å². The third-order valence-corrected chi connectivity index (χ3v) is 10.1. The van der Waals surface area contributed by atoms with Crippen LogP contribution >= 0.6 is 0 Å². The van der Waals surface area contributed by atoms with Gasteiger partial charge in [0.2, 0.25) is 15.9 Å². The molecule has 2 aliphatic rings. The highest BCUT2D eigenvalue weighted by Gasteiger charge is 2.40. The number of carbonyl (C=O) groups excluding carboxylic acids is 1. The molecule has 9 nitrogen and oxygen atoms in total. The van der Waals surface area contributed by atoms with E-state index in [-0.39, 0.29) is 17.9 Å². The zero-order chi connectivity index (χ0) is 29.9.